The predicted molar refractivity (Wildman–Crippen MR) is 301 cm³/mol. The Labute approximate surface area is 426 Å². The van der Waals surface area contributed by atoms with Gasteiger partial charge < -0.3 is 20.6 Å². The molecule has 0 aliphatic heterocycles. The molecule has 0 rings (SSSR count). The number of carbonyl (C=O) groups is 1. The van der Waals surface area contributed by atoms with Crippen LogP contribution in [0.4, 0.5) is 0 Å². The van der Waals surface area contributed by atoms with Crippen LogP contribution in [-0.4, -0.2) is 46.1 Å². The highest BCUT2D eigenvalue weighted by atomic mass is 16.3. The summed E-state index contributed by atoms with van der Waals surface area (Å²) in [4.78, 5) is 12.6. The van der Waals surface area contributed by atoms with Crippen molar-refractivity contribution >= 4 is 5.91 Å². The van der Waals surface area contributed by atoms with Crippen LogP contribution in [0.2, 0.25) is 0 Å². The van der Waals surface area contributed by atoms with Gasteiger partial charge in [0.15, 0.2) is 0 Å². The van der Waals surface area contributed by atoms with E-state index in [2.05, 4.69) is 43.5 Å². The summed E-state index contributed by atoms with van der Waals surface area (Å²) >= 11 is 0. The number of unbranched alkanes of at least 4 members (excludes halogenated alkanes) is 45. The van der Waals surface area contributed by atoms with E-state index in [0.717, 1.165) is 32.1 Å². The average molecular weight is 959 g/mol. The number of rotatable bonds is 58. The van der Waals surface area contributed by atoms with Crippen molar-refractivity contribution in [1.29, 1.82) is 0 Å². The fraction of sp³-hybridized carbons (Fsp3) is 0.921. The average Bonchev–Trinajstić information content (AvgIpc) is 3.33. The van der Waals surface area contributed by atoms with Crippen LogP contribution in [0.15, 0.2) is 24.3 Å². The molecule has 0 aromatic carbocycles. The first kappa shape index (κ1) is 66.8. The van der Waals surface area contributed by atoms with E-state index < -0.39 is 18.2 Å². The van der Waals surface area contributed by atoms with Crippen molar-refractivity contribution in [3.05, 3.63) is 24.3 Å². The summed E-state index contributed by atoms with van der Waals surface area (Å²) < 4.78 is 0. The van der Waals surface area contributed by atoms with Gasteiger partial charge in [-0.25, -0.2) is 0 Å². The molecule has 3 atom stereocenters. The lowest BCUT2D eigenvalue weighted by molar-refractivity contribution is -0.125. The molecular weight excluding hydrogens is 835 g/mol. The lowest BCUT2D eigenvalue weighted by atomic mass is 10.0. The number of aliphatic hydroxyl groups is 3. The van der Waals surface area contributed by atoms with E-state index in [1.165, 1.54) is 283 Å². The minimum absolute atomic E-state index is 0.0396. The number of amides is 1. The molecule has 0 fully saturated rings. The Kier molecular flexibility index (Phi) is 57.4. The van der Waals surface area contributed by atoms with Crippen LogP contribution in [0.25, 0.3) is 0 Å². The van der Waals surface area contributed by atoms with Gasteiger partial charge in [0.25, 0.3) is 0 Å². The molecular formula is C63H123NO4. The molecule has 0 aromatic heterocycles. The zero-order valence-corrected chi connectivity index (χ0v) is 46.3. The van der Waals surface area contributed by atoms with Crippen molar-refractivity contribution in [2.75, 3.05) is 6.61 Å². The van der Waals surface area contributed by atoms with Crippen molar-refractivity contribution in [3.63, 3.8) is 0 Å². The van der Waals surface area contributed by atoms with E-state index in [1.807, 2.05) is 0 Å². The van der Waals surface area contributed by atoms with E-state index in [0.29, 0.717) is 12.8 Å². The van der Waals surface area contributed by atoms with E-state index in [4.69, 9.17) is 0 Å². The summed E-state index contributed by atoms with van der Waals surface area (Å²) in [5.41, 5.74) is 0. The van der Waals surface area contributed by atoms with Gasteiger partial charge in [0, 0.05) is 0 Å². The molecule has 68 heavy (non-hydrogen) atoms. The SMILES string of the molecule is CCCCCCCCCCCCC/C=C\C/C=C\CCCCCCCCCCCCCCCCCC(O)CC(=O)NC(CO)C(O)CCCCCCCCCCCCCCCCCCCCCC. The molecule has 5 heteroatoms. The van der Waals surface area contributed by atoms with Gasteiger partial charge in [-0.2, -0.15) is 0 Å². The van der Waals surface area contributed by atoms with Crippen LogP contribution < -0.4 is 5.32 Å². The third kappa shape index (κ3) is 54.2. The second kappa shape index (κ2) is 58.4. The number of hydrogen-bond donors (Lipinski definition) is 4. The third-order valence-electron chi connectivity index (χ3n) is 14.8. The number of hydrogen-bond acceptors (Lipinski definition) is 4. The minimum Gasteiger partial charge on any atom is -0.394 e. The van der Waals surface area contributed by atoms with Gasteiger partial charge in [-0.05, 0) is 44.9 Å². The number of allylic oxidation sites excluding steroid dienone is 4. The number of aliphatic hydroxyl groups excluding tert-OH is 3. The highest BCUT2D eigenvalue weighted by molar-refractivity contribution is 5.76. The molecule has 404 valence electrons. The van der Waals surface area contributed by atoms with E-state index in [1.54, 1.807) is 0 Å². The Balaban J connectivity index is 3.48. The summed E-state index contributed by atoms with van der Waals surface area (Å²) in [5.74, 6) is -0.277. The Hall–Kier alpha value is -1.17. The van der Waals surface area contributed by atoms with Gasteiger partial charge in [-0.15, -0.1) is 0 Å². The molecule has 1 amide bonds. The van der Waals surface area contributed by atoms with Crippen LogP contribution in [0.1, 0.15) is 348 Å². The predicted octanol–water partition coefficient (Wildman–Crippen LogP) is 19.6. The molecule has 0 saturated carbocycles. The van der Waals surface area contributed by atoms with Crippen molar-refractivity contribution in [3.8, 4) is 0 Å². The zero-order valence-electron chi connectivity index (χ0n) is 46.3. The summed E-state index contributed by atoms with van der Waals surface area (Å²) in [5, 5.41) is 33.7. The van der Waals surface area contributed by atoms with Gasteiger partial charge in [0.05, 0.1) is 31.3 Å². The lowest BCUT2D eigenvalue weighted by Gasteiger charge is -2.23. The molecule has 0 saturated heterocycles. The molecule has 0 aliphatic carbocycles. The fourth-order valence-corrected chi connectivity index (χ4v) is 10.0. The Bertz CT molecular complexity index is 1010. The van der Waals surface area contributed by atoms with Crippen molar-refractivity contribution in [1.82, 2.24) is 5.32 Å². The highest BCUT2D eigenvalue weighted by Gasteiger charge is 2.21. The highest BCUT2D eigenvalue weighted by Crippen LogP contribution is 2.18. The lowest BCUT2D eigenvalue weighted by Crippen LogP contribution is -2.46. The summed E-state index contributed by atoms with van der Waals surface area (Å²) in [7, 11) is 0. The van der Waals surface area contributed by atoms with E-state index in [-0.39, 0.29) is 18.9 Å². The van der Waals surface area contributed by atoms with Gasteiger partial charge in [0.1, 0.15) is 0 Å². The first-order chi connectivity index (χ1) is 33.5. The second-order valence-corrected chi connectivity index (χ2v) is 21.7. The van der Waals surface area contributed by atoms with E-state index in [9.17, 15) is 20.1 Å². The van der Waals surface area contributed by atoms with Crippen LogP contribution in [0.5, 0.6) is 0 Å². The van der Waals surface area contributed by atoms with E-state index >= 15 is 0 Å². The third-order valence-corrected chi connectivity index (χ3v) is 14.8. The van der Waals surface area contributed by atoms with Crippen molar-refractivity contribution in [2.24, 2.45) is 0 Å². The molecule has 0 radical (unpaired) electrons. The maximum atomic E-state index is 12.6. The maximum Gasteiger partial charge on any atom is 0.222 e. The summed E-state index contributed by atoms with van der Waals surface area (Å²) in [6, 6.07) is -0.658. The zero-order chi connectivity index (χ0) is 49.3. The molecule has 0 bridgehead atoms. The largest absolute Gasteiger partial charge is 0.394 e. The Morgan fingerprint density at radius 2 is 0.632 bits per heavy atom. The molecule has 0 spiro atoms. The summed E-state index contributed by atoms with van der Waals surface area (Å²) in [6.07, 6.45) is 75.0. The monoisotopic (exact) mass is 958 g/mol. The first-order valence-corrected chi connectivity index (χ1v) is 31.1. The minimum atomic E-state index is -0.749. The molecule has 3 unspecified atom stereocenters. The molecule has 0 aromatic rings. The Morgan fingerprint density at radius 1 is 0.368 bits per heavy atom. The second-order valence-electron chi connectivity index (χ2n) is 21.7. The Morgan fingerprint density at radius 3 is 0.926 bits per heavy atom. The summed E-state index contributed by atoms with van der Waals surface area (Å²) in [6.45, 7) is 4.31. The molecule has 0 heterocycles. The molecule has 5 nitrogen and oxygen atoms in total. The van der Waals surface area contributed by atoms with Crippen molar-refractivity contribution in [2.45, 2.75) is 366 Å². The van der Waals surface area contributed by atoms with Crippen LogP contribution in [0, 0.1) is 0 Å². The van der Waals surface area contributed by atoms with Gasteiger partial charge in [0.2, 0.25) is 5.91 Å². The van der Waals surface area contributed by atoms with Gasteiger partial charge in [-0.3, -0.25) is 4.79 Å². The van der Waals surface area contributed by atoms with Crippen molar-refractivity contribution < 1.29 is 20.1 Å². The number of nitrogens with one attached hydrogen (secondary N) is 1. The normalized spacial score (nSPS) is 13.3. The maximum absolute atomic E-state index is 12.6. The smallest absolute Gasteiger partial charge is 0.222 e. The first-order valence-electron chi connectivity index (χ1n) is 31.1. The van der Waals surface area contributed by atoms with Gasteiger partial charge >= 0.3 is 0 Å². The topological polar surface area (TPSA) is 89.8 Å². The standard InChI is InChI=1S/C63H123NO4/c1-3-5-7-9-11-13-15-17-19-21-23-25-26-27-28-29-30-31-32-33-34-35-36-37-38-40-42-44-46-48-50-52-54-56-60(66)58-63(68)64-61(59-65)62(67)57-55-53-51-49-47-45-43-41-39-24-22-20-18-16-14-12-10-8-6-4-2/h26-27,29-30,60-62,65-67H,3-25,28,31-59H2,1-2H3,(H,64,68)/b27-26-,30-29-. The molecule has 0 aliphatic rings. The number of carbonyl (C=O) groups excluding carboxylic acids is 1. The fourth-order valence-electron chi connectivity index (χ4n) is 10.0. The van der Waals surface area contributed by atoms with Crippen LogP contribution >= 0.6 is 0 Å². The molecule has 4 N–H and O–H groups in total. The van der Waals surface area contributed by atoms with Crippen LogP contribution in [-0.2, 0) is 4.79 Å². The van der Waals surface area contributed by atoms with Gasteiger partial charge in [-0.1, -0.05) is 321 Å². The van der Waals surface area contributed by atoms with Crippen LogP contribution in [0.3, 0.4) is 0 Å². The quantitative estimate of drug-likeness (QED) is 0.0361.